The lowest BCUT2D eigenvalue weighted by molar-refractivity contribution is 0.102. The summed E-state index contributed by atoms with van der Waals surface area (Å²) >= 11 is 1.43. The Kier molecular flexibility index (Phi) is 4.95. The summed E-state index contributed by atoms with van der Waals surface area (Å²) < 4.78 is 1.96. The summed E-state index contributed by atoms with van der Waals surface area (Å²) in [5, 5.41) is 12.6. The normalized spacial score (nSPS) is 15.8. The number of nitrogen functional groups attached to an aromatic ring is 1. The molecule has 0 bridgehead atoms. The van der Waals surface area contributed by atoms with Gasteiger partial charge in [-0.05, 0) is 37.6 Å². The first kappa shape index (κ1) is 20.0. The third-order valence-corrected chi connectivity index (χ3v) is 6.48. The van der Waals surface area contributed by atoms with Crippen molar-refractivity contribution in [2.24, 2.45) is 0 Å². The lowest BCUT2D eigenvalue weighted by atomic mass is 10.0. The SMILES string of the molecule is Cc1cnc(NC(=O)c2ccc(-n3cc(C4CCN(C#N)C4)c4ncnc(N)c43)cc2)s1. The van der Waals surface area contributed by atoms with E-state index < -0.39 is 0 Å². The van der Waals surface area contributed by atoms with E-state index in [9.17, 15) is 10.1 Å². The average molecular weight is 445 g/mol. The highest BCUT2D eigenvalue weighted by Gasteiger charge is 2.28. The van der Waals surface area contributed by atoms with Gasteiger partial charge in [-0.2, -0.15) is 5.26 Å². The van der Waals surface area contributed by atoms with Crippen LogP contribution in [0.25, 0.3) is 16.7 Å². The van der Waals surface area contributed by atoms with Gasteiger partial charge < -0.3 is 15.2 Å². The second-order valence-corrected chi connectivity index (χ2v) is 8.95. The van der Waals surface area contributed by atoms with Crippen LogP contribution in [0.3, 0.4) is 0 Å². The smallest absolute Gasteiger partial charge is 0.257 e. The highest BCUT2D eigenvalue weighted by Crippen LogP contribution is 2.35. The average Bonchev–Trinajstić information content (AvgIpc) is 3.52. The van der Waals surface area contributed by atoms with E-state index in [1.807, 2.05) is 29.8 Å². The van der Waals surface area contributed by atoms with Gasteiger partial charge in [-0.15, -0.1) is 11.3 Å². The van der Waals surface area contributed by atoms with Crippen molar-refractivity contribution in [3.63, 3.8) is 0 Å². The van der Waals surface area contributed by atoms with E-state index in [4.69, 9.17) is 5.73 Å². The van der Waals surface area contributed by atoms with Crippen LogP contribution in [0.1, 0.15) is 33.1 Å². The van der Waals surface area contributed by atoms with Crippen molar-refractivity contribution in [1.82, 2.24) is 24.4 Å². The Morgan fingerprint density at radius 1 is 1.28 bits per heavy atom. The largest absolute Gasteiger partial charge is 0.382 e. The number of hydrogen-bond acceptors (Lipinski definition) is 8. The van der Waals surface area contributed by atoms with Crippen LogP contribution in [0.4, 0.5) is 10.9 Å². The molecule has 1 saturated heterocycles. The molecule has 5 rings (SSSR count). The van der Waals surface area contributed by atoms with Gasteiger partial charge in [-0.1, -0.05) is 0 Å². The molecule has 32 heavy (non-hydrogen) atoms. The Labute approximate surface area is 188 Å². The lowest BCUT2D eigenvalue weighted by Gasteiger charge is -2.08. The molecular weight excluding hydrogens is 424 g/mol. The first-order valence-electron chi connectivity index (χ1n) is 10.1. The van der Waals surface area contributed by atoms with Crippen LogP contribution < -0.4 is 11.1 Å². The fraction of sp³-hybridized carbons (Fsp3) is 0.227. The first-order valence-corrected chi connectivity index (χ1v) is 11.0. The molecule has 0 aliphatic carbocycles. The molecule has 4 heterocycles. The van der Waals surface area contributed by atoms with Crippen LogP contribution in [0, 0.1) is 18.4 Å². The third kappa shape index (κ3) is 3.52. The molecule has 1 atom stereocenters. The van der Waals surface area contributed by atoms with Crippen LogP contribution in [-0.2, 0) is 0 Å². The number of carbonyl (C=O) groups is 1. The molecule has 1 aliphatic rings. The molecule has 9 nitrogen and oxygen atoms in total. The molecule has 3 N–H and O–H groups in total. The molecule has 0 radical (unpaired) electrons. The maximum absolute atomic E-state index is 12.6. The topological polar surface area (TPSA) is 126 Å². The Balaban J connectivity index is 1.48. The molecule has 3 aromatic heterocycles. The molecule has 1 unspecified atom stereocenters. The van der Waals surface area contributed by atoms with Crippen LogP contribution >= 0.6 is 11.3 Å². The van der Waals surface area contributed by atoms with Gasteiger partial charge in [-0.3, -0.25) is 10.1 Å². The minimum atomic E-state index is -0.214. The quantitative estimate of drug-likeness (QED) is 0.463. The van der Waals surface area contributed by atoms with E-state index in [-0.39, 0.29) is 11.8 Å². The van der Waals surface area contributed by atoms with Crippen molar-refractivity contribution in [2.75, 3.05) is 24.1 Å². The number of nitrogens with one attached hydrogen (secondary N) is 1. The lowest BCUT2D eigenvalue weighted by Crippen LogP contribution is -2.12. The van der Waals surface area contributed by atoms with Crippen LogP contribution in [0.15, 0.2) is 43.0 Å². The van der Waals surface area contributed by atoms with Gasteiger partial charge in [0.25, 0.3) is 5.91 Å². The number of anilines is 2. The number of benzene rings is 1. The van der Waals surface area contributed by atoms with Gasteiger partial charge in [0.1, 0.15) is 11.8 Å². The molecular formula is C22H20N8OS. The van der Waals surface area contributed by atoms with Crippen LogP contribution in [-0.4, -0.2) is 43.4 Å². The molecule has 10 heteroatoms. The summed E-state index contributed by atoms with van der Waals surface area (Å²) in [7, 11) is 0. The van der Waals surface area contributed by atoms with Crippen molar-refractivity contribution >= 4 is 39.2 Å². The maximum atomic E-state index is 12.6. The number of fused-ring (bicyclic) bond motifs is 1. The summed E-state index contributed by atoms with van der Waals surface area (Å²) in [5.74, 6) is 0.367. The minimum Gasteiger partial charge on any atom is -0.382 e. The number of carbonyl (C=O) groups excluding carboxylic acids is 1. The predicted octanol–water partition coefficient (Wildman–Crippen LogP) is 3.29. The van der Waals surface area contributed by atoms with E-state index >= 15 is 0 Å². The number of aryl methyl sites for hydroxylation is 1. The number of thiazole rings is 1. The van der Waals surface area contributed by atoms with Crippen molar-refractivity contribution in [2.45, 2.75) is 19.3 Å². The molecule has 1 amide bonds. The van der Waals surface area contributed by atoms with Gasteiger partial charge in [0.15, 0.2) is 17.1 Å². The van der Waals surface area contributed by atoms with Crippen molar-refractivity contribution in [1.29, 1.82) is 5.26 Å². The highest BCUT2D eigenvalue weighted by atomic mass is 32.1. The van der Waals surface area contributed by atoms with E-state index in [1.54, 1.807) is 23.2 Å². The summed E-state index contributed by atoms with van der Waals surface area (Å²) in [6.45, 7) is 3.34. The zero-order valence-corrected chi connectivity index (χ0v) is 18.1. The number of rotatable bonds is 4. The van der Waals surface area contributed by atoms with Gasteiger partial charge in [0.05, 0.1) is 5.52 Å². The Bertz CT molecular complexity index is 1350. The Hall–Kier alpha value is -3.97. The zero-order valence-electron chi connectivity index (χ0n) is 17.3. The van der Waals surface area contributed by atoms with Crippen molar-refractivity contribution < 1.29 is 4.79 Å². The number of likely N-dealkylation sites (tertiary alicyclic amines) is 1. The van der Waals surface area contributed by atoms with Crippen LogP contribution in [0.5, 0.6) is 0 Å². The predicted molar refractivity (Wildman–Crippen MR) is 123 cm³/mol. The van der Waals surface area contributed by atoms with E-state index in [0.29, 0.717) is 23.1 Å². The monoisotopic (exact) mass is 444 g/mol. The second-order valence-electron chi connectivity index (χ2n) is 7.72. The molecule has 1 aliphatic heterocycles. The molecule has 1 fully saturated rings. The fourth-order valence-electron chi connectivity index (χ4n) is 4.07. The number of nitriles is 1. The Morgan fingerprint density at radius 3 is 2.78 bits per heavy atom. The number of nitrogens with zero attached hydrogens (tertiary/aromatic N) is 6. The Morgan fingerprint density at radius 2 is 2.09 bits per heavy atom. The van der Waals surface area contributed by atoms with E-state index in [2.05, 4.69) is 26.5 Å². The number of hydrogen-bond donors (Lipinski definition) is 2. The number of nitrogens with two attached hydrogens (primary N) is 1. The summed E-state index contributed by atoms with van der Waals surface area (Å²) in [5.41, 5.74) is 10.2. The molecule has 160 valence electrons. The molecule has 0 spiro atoms. The van der Waals surface area contributed by atoms with Gasteiger partial charge >= 0.3 is 0 Å². The highest BCUT2D eigenvalue weighted by molar-refractivity contribution is 7.15. The maximum Gasteiger partial charge on any atom is 0.257 e. The van der Waals surface area contributed by atoms with Gasteiger partial charge in [-0.25, -0.2) is 15.0 Å². The number of amides is 1. The molecule has 1 aromatic carbocycles. The van der Waals surface area contributed by atoms with Gasteiger partial charge in [0.2, 0.25) is 0 Å². The summed E-state index contributed by atoms with van der Waals surface area (Å²) in [6, 6.07) is 7.27. The molecule has 0 saturated carbocycles. The minimum absolute atomic E-state index is 0.194. The second kappa shape index (κ2) is 7.94. The first-order chi connectivity index (χ1) is 15.5. The summed E-state index contributed by atoms with van der Waals surface area (Å²) in [4.78, 5) is 28.2. The van der Waals surface area contributed by atoms with E-state index in [0.717, 1.165) is 40.1 Å². The standard InChI is InChI=1S/C22H20N8OS/c1-13-8-25-22(32-13)28-21(31)14-2-4-16(5-3-14)30-10-17(15-6-7-29(9-15)11-23)18-19(30)20(24)27-12-26-18/h2-5,8,10,12,15H,6-7,9H2,1H3,(H2,24,26,27)(H,25,28,31). The van der Waals surface area contributed by atoms with Gasteiger partial charge in [0, 0.05) is 53.1 Å². The van der Waals surface area contributed by atoms with Crippen LogP contribution in [0.2, 0.25) is 0 Å². The van der Waals surface area contributed by atoms with Crippen molar-refractivity contribution in [3.8, 4) is 11.9 Å². The zero-order chi connectivity index (χ0) is 22.2. The third-order valence-electron chi connectivity index (χ3n) is 5.65. The van der Waals surface area contributed by atoms with E-state index in [1.165, 1.54) is 17.7 Å². The molecule has 4 aromatic rings. The fourth-order valence-corrected chi connectivity index (χ4v) is 4.73. The summed E-state index contributed by atoms with van der Waals surface area (Å²) in [6.07, 6.45) is 8.32. The van der Waals surface area contributed by atoms with Crippen molar-refractivity contribution in [3.05, 3.63) is 59.0 Å². The number of aromatic nitrogens is 4.